The summed E-state index contributed by atoms with van der Waals surface area (Å²) in [6.07, 6.45) is 0. The Kier molecular flexibility index (Phi) is 22.0. The molecular weight excluding hydrogens is 254 g/mol. The first-order valence-corrected chi connectivity index (χ1v) is 4.33. The Hall–Kier alpha value is -0.171. The average molecular weight is 273 g/mol. The van der Waals surface area contributed by atoms with E-state index in [2.05, 4.69) is 0 Å². The van der Waals surface area contributed by atoms with E-state index >= 15 is 0 Å². The molecule has 0 bridgehead atoms. The molecule has 7 heteroatoms. The van der Waals surface area contributed by atoms with Crippen molar-refractivity contribution in [2.45, 2.75) is 6.92 Å². The van der Waals surface area contributed by atoms with Gasteiger partial charge in [-0.1, -0.05) is 0 Å². The minimum atomic E-state index is -0.833. The van der Waals surface area contributed by atoms with Gasteiger partial charge in [-0.15, -0.1) is 0 Å². The number of aliphatic hydroxyl groups excluding tert-OH is 3. The van der Waals surface area contributed by atoms with E-state index in [-0.39, 0.29) is 36.9 Å². The first-order chi connectivity index (χ1) is 6.58. The van der Waals surface area contributed by atoms with E-state index in [9.17, 15) is 0 Å². The summed E-state index contributed by atoms with van der Waals surface area (Å²) in [5.41, 5.74) is 0. The second-order valence-electron chi connectivity index (χ2n) is 2.53. The van der Waals surface area contributed by atoms with Crippen molar-refractivity contribution in [1.82, 2.24) is 4.90 Å². The molecule has 0 unspecified atom stereocenters. The van der Waals surface area contributed by atoms with E-state index in [0.29, 0.717) is 19.6 Å². The zero-order valence-electron chi connectivity index (χ0n) is 8.69. The molecule has 1 radical (unpaired) electrons. The summed E-state index contributed by atoms with van der Waals surface area (Å²) >= 11 is 0. The summed E-state index contributed by atoms with van der Waals surface area (Å²) in [6, 6.07) is 0. The molecular formula is C8H19CuNO5. The molecule has 0 aromatic heterocycles. The Morgan fingerprint density at radius 3 is 1.33 bits per heavy atom. The van der Waals surface area contributed by atoms with Gasteiger partial charge in [0, 0.05) is 43.6 Å². The van der Waals surface area contributed by atoms with Crippen molar-refractivity contribution >= 4 is 5.97 Å². The monoisotopic (exact) mass is 272 g/mol. The Labute approximate surface area is 100.0 Å². The van der Waals surface area contributed by atoms with Crippen LogP contribution in [0, 0.1) is 0 Å². The third kappa shape index (κ3) is 24.8. The smallest absolute Gasteiger partial charge is 0.300 e. The van der Waals surface area contributed by atoms with E-state index in [1.54, 1.807) is 4.90 Å². The van der Waals surface area contributed by atoms with Gasteiger partial charge in [-0.25, -0.2) is 0 Å². The number of carboxylic acids is 1. The molecule has 0 saturated heterocycles. The number of carbonyl (C=O) groups is 1. The van der Waals surface area contributed by atoms with Gasteiger partial charge in [0.15, 0.2) is 0 Å². The van der Waals surface area contributed by atoms with Crippen LogP contribution in [0.4, 0.5) is 0 Å². The Morgan fingerprint density at radius 1 is 1.00 bits per heavy atom. The maximum absolute atomic E-state index is 9.00. The zero-order valence-corrected chi connectivity index (χ0v) is 9.63. The van der Waals surface area contributed by atoms with Crippen molar-refractivity contribution in [2.24, 2.45) is 0 Å². The topological polar surface area (TPSA) is 101 Å². The van der Waals surface area contributed by atoms with E-state index in [1.165, 1.54) is 0 Å². The summed E-state index contributed by atoms with van der Waals surface area (Å²) in [7, 11) is 0. The maximum Gasteiger partial charge on any atom is 0.300 e. The third-order valence-electron chi connectivity index (χ3n) is 1.25. The Morgan fingerprint density at radius 2 is 1.20 bits per heavy atom. The number of hydrogen-bond acceptors (Lipinski definition) is 5. The summed E-state index contributed by atoms with van der Waals surface area (Å²) < 4.78 is 0. The van der Waals surface area contributed by atoms with Crippen LogP contribution in [0.2, 0.25) is 0 Å². The second kappa shape index (κ2) is 16.3. The molecule has 0 heterocycles. The largest absolute Gasteiger partial charge is 0.481 e. The van der Waals surface area contributed by atoms with Gasteiger partial charge in [-0.3, -0.25) is 9.69 Å². The third-order valence-corrected chi connectivity index (χ3v) is 1.25. The molecule has 0 aromatic rings. The Bertz CT molecular complexity index is 118. The first kappa shape index (κ1) is 20.3. The zero-order chi connectivity index (χ0) is 11.4. The van der Waals surface area contributed by atoms with Crippen LogP contribution in [0.15, 0.2) is 0 Å². The minimum absolute atomic E-state index is 0. The fourth-order valence-corrected chi connectivity index (χ4v) is 0.760. The van der Waals surface area contributed by atoms with E-state index in [0.717, 1.165) is 6.92 Å². The number of aliphatic carboxylic acids is 1. The number of aliphatic hydroxyl groups is 3. The van der Waals surface area contributed by atoms with Gasteiger partial charge in [0.25, 0.3) is 5.97 Å². The second-order valence-corrected chi connectivity index (χ2v) is 2.53. The van der Waals surface area contributed by atoms with Crippen molar-refractivity contribution in [2.75, 3.05) is 39.5 Å². The normalized spacial score (nSPS) is 8.87. The molecule has 0 rings (SSSR count). The standard InChI is InChI=1S/C6H15NO3.C2H4O2.Cu/c8-4-1-7(2-5-9)3-6-10;1-2(3)4;/h8-10H,1-6H2;1H3,(H,3,4);. The van der Waals surface area contributed by atoms with E-state index < -0.39 is 5.97 Å². The quantitative estimate of drug-likeness (QED) is 0.433. The van der Waals surface area contributed by atoms with Crippen molar-refractivity contribution in [3.05, 3.63) is 0 Å². The molecule has 0 saturated carbocycles. The van der Waals surface area contributed by atoms with Crippen LogP contribution in [0.3, 0.4) is 0 Å². The Balaban J connectivity index is -0.000000249. The van der Waals surface area contributed by atoms with Gasteiger partial charge in [-0.05, 0) is 0 Å². The maximum atomic E-state index is 9.00. The van der Waals surface area contributed by atoms with Crippen molar-refractivity contribution in [3.8, 4) is 0 Å². The SMILES string of the molecule is CC(=O)O.OCCN(CCO)CCO.[Cu]. The summed E-state index contributed by atoms with van der Waals surface area (Å²) in [5, 5.41) is 32.9. The predicted molar refractivity (Wildman–Crippen MR) is 51.0 cm³/mol. The van der Waals surface area contributed by atoms with Gasteiger partial charge in [-0.2, -0.15) is 0 Å². The number of carboxylic acid groups (broad SMARTS) is 1. The molecule has 6 nitrogen and oxygen atoms in total. The van der Waals surface area contributed by atoms with Crippen LogP contribution >= 0.6 is 0 Å². The molecule has 97 valence electrons. The van der Waals surface area contributed by atoms with Crippen LogP contribution < -0.4 is 0 Å². The molecule has 0 spiro atoms. The molecule has 4 N–H and O–H groups in total. The predicted octanol–water partition coefficient (Wildman–Crippen LogP) is -1.65. The molecule has 0 fully saturated rings. The van der Waals surface area contributed by atoms with Crippen LogP contribution in [-0.4, -0.2) is 70.8 Å². The fraction of sp³-hybridized carbons (Fsp3) is 0.875. The molecule has 15 heavy (non-hydrogen) atoms. The number of rotatable bonds is 6. The summed E-state index contributed by atoms with van der Waals surface area (Å²) in [4.78, 5) is 10.8. The van der Waals surface area contributed by atoms with E-state index in [4.69, 9.17) is 25.2 Å². The molecule has 0 aliphatic rings. The van der Waals surface area contributed by atoms with Gasteiger partial charge in [0.2, 0.25) is 0 Å². The summed E-state index contributed by atoms with van der Waals surface area (Å²) in [6.45, 7) is 2.84. The van der Waals surface area contributed by atoms with E-state index in [1.807, 2.05) is 0 Å². The fourth-order valence-electron chi connectivity index (χ4n) is 0.760. The molecule has 0 aromatic carbocycles. The van der Waals surface area contributed by atoms with Gasteiger partial charge >= 0.3 is 0 Å². The average Bonchev–Trinajstić information content (AvgIpc) is 2.04. The van der Waals surface area contributed by atoms with Gasteiger partial charge in [0.05, 0.1) is 19.8 Å². The first-order valence-electron chi connectivity index (χ1n) is 4.33. The number of nitrogens with zero attached hydrogens (tertiary/aromatic N) is 1. The molecule has 0 amide bonds. The van der Waals surface area contributed by atoms with Crippen LogP contribution in [-0.2, 0) is 21.9 Å². The van der Waals surface area contributed by atoms with Crippen molar-refractivity contribution < 1.29 is 42.3 Å². The molecule has 0 atom stereocenters. The molecule has 0 aliphatic heterocycles. The van der Waals surface area contributed by atoms with Crippen molar-refractivity contribution in [3.63, 3.8) is 0 Å². The van der Waals surface area contributed by atoms with Gasteiger partial charge in [0.1, 0.15) is 0 Å². The minimum Gasteiger partial charge on any atom is -0.481 e. The van der Waals surface area contributed by atoms with Crippen molar-refractivity contribution in [1.29, 1.82) is 0 Å². The van der Waals surface area contributed by atoms with Gasteiger partial charge < -0.3 is 20.4 Å². The van der Waals surface area contributed by atoms with Crippen LogP contribution in [0.1, 0.15) is 6.92 Å². The summed E-state index contributed by atoms with van der Waals surface area (Å²) in [5.74, 6) is -0.833. The van der Waals surface area contributed by atoms with Crippen LogP contribution in [0.5, 0.6) is 0 Å². The van der Waals surface area contributed by atoms with Crippen LogP contribution in [0.25, 0.3) is 0 Å². The number of hydrogen-bond donors (Lipinski definition) is 4. The molecule has 0 aliphatic carbocycles.